The topological polar surface area (TPSA) is 33.2 Å². The summed E-state index contributed by atoms with van der Waals surface area (Å²) in [5, 5.41) is 1.62. The van der Waals surface area contributed by atoms with E-state index in [1.165, 1.54) is 11.3 Å². The molecule has 2 aromatic rings. The molecular weight excluding hydrogens is 268 g/mol. The molecule has 0 unspecified atom stereocenters. The fourth-order valence-corrected chi connectivity index (χ4v) is 2.46. The van der Waals surface area contributed by atoms with Gasteiger partial charge in [0.15, 0.2) is 0 Å². The number of halogens is 1. The van der Waals surface area contributed by atoms with E-state index >= 15 is 0 Å². The molecule has 1 amide bonds. The minimum Gasteiger partial charge on any atom is -0.349 e. The zero-order chi connectivity index (χ0) is 13.1. The standard InChI is InChI=1S/C13H13ClN2OS/c1-16(2)12(17)7-11-8-15-13(18-11)9-3-5-10(14)6-4-9/h3-6,8H,7H2,1-2H3. The second-order valence-corrected chi connectivity index (χ2v) is 5.66. The molecule has 0 aliphatic rings. The number of hydrogen-bond acceptors (Lipinski definition) is 3. The lowest BCUT2D eigenvalue weighted by Crippen LogP contribution is -2.23. The number of carbonyl (C=O) groups excluding carboxylic acids is 1. The monoisotopic (exact) mass is 280 g/mol. The van der Waals surface area contributed by atoms with E-state index in [-0.39, 0.29) is 5.91 Å². The smallest absolute Gasteiger partial charge is 0.227 e. The summed E-state index contributed by atoms with van der Waals surface area (Å²) in [7, 11) is 3.51. The quantitative estimate of drug-likeness (QED) is 0.866. The predicted molar refractivity (Wildman–Crippen MR) is 75.0 cm³/mol. The van der Waals surface area contributed by atoms with Crippen molar-refractivity contribution < 1.29 is 4.79 Å². The van der Waals surface area contributed by atoms with Crippen LogP contribution in [0.5, 0.6) is 0 Å². The molecule has 94 valence electrons. The second kappa shape index (κ2) is 5.50. The maximum absolute atomic E-state index is 11.6. The summed E-state index contributed by atoms with van der Waals surface area (Å²) in [4.78, 5) is 18.5. The molecular formula is C13H13ClN2OS. The van der Waals surface area contributed by atoms with Crippen LogP contribution in [0.1, 0.15) is 4.88 Å². The lowest BCUT2D eigenvalue weighted by Gasteiger charge is -2.07. The van der Waals surface area contributed by atoms with Gasteiger partial charge in [-0.1, -0.05) is 23.7 Å². The first-order valence-corrected chi connectivity index (χ1v) is 6.66. The van der Waals surface area contributed by atoms with Crippen LogP contribution in [0.25, 0.3) is 10.6 Å². The van der Waals surface area contributed by atoms with Gasteiger partial charge in [-0.2, -0.15) is 0 Å². The lowest BCUT2D eigenvalue weighted by molar-refractivity contribution is -0.127. The van der Waals surface area contributed by atoms with Gasteiger partial charge in [-0.3, -0.25) is 4.79 Å². The molecule has 0 aliphatic heterocycles. The fraction of sp³-hybridized carbons (Fsp3) is 0.231. The molecule has 1 heterocycles. The van der Waals surface area contributed by atoms with Gasteiger partial charge in [0.25, 0.3) is 0 Å². The zero-order valence-corrected chi connectivity index (χ0v) is 11.8. The lowest BCUT2D eigenvalue weighted by atomic mass is 10.2. The number of likely N-dealkylation sites (N-methyl/N-ethyl adjacent to an activating group) is 1. The van der Waals surface area contributed by atoms with Crippen LogP contribution >= 0.6 is 22.9 Å². The Morgan fingerprint density at radius 3 is 2.61 bits per heavy atom. The van der Waals surface area contributed by atoms with E-state index < -0.39 is 0 Å². The third-order valence-corrected chi connectivity index (χ3v) is 3.77. The highest BCUT2D eigenvalue weighted by molar-refractivity contribution is 7.15. The van der Waals surface area contributed by atoms with Gasteiger partial charge in [0.05, 0.1) is 6.42 Å². The van der Waals surface area contributed by atoms with Gasteiger partial charge in [0, 0.05) is 35.8 Å². The number of benzene rings is 1. The molecule has 5 heteroatoms. The molecule has 3 nitrogen and oxygen atoms in total. The Hall–Kier alpha value is -1.39. The summed E-state index contributed by atoms with van der Waals surface area (Å²) in [6.45, 7) is 0. The molecule has 0 spiro atoms. The van der Waals surface area contributed by atoms with Crippen LogP contribution in [0.15, 0.2) is 30.5 Å². The first-order valence-electron chi connectivity index (χ1n) is 5.47. The summed E-state index contributed by atoms with van der Waals surface area (Å²) < 4.78 is 0. The van der Waals surface area contributed by atoms with Gasteiger partial charge in [-0.15, -0.1) is 11.3 Å². The number of aromatic nitrogens is 1. The number of hydrogen-bond donors (Lipinski definition) is 0. The minimum atomic E-state index is 0.0845. The van der Waals surface area contributed by atoms with E-state index in [4.69, 9.17) is 11.6 Å². The summed E-state index contributed by atoms with van der Waals surface area (Å²) in [5.41, 5.74) is 1.02. The van der Waals surface area contributed by atoms with Crippen molar-refractivity contribution in [2.45, 2.75) is 6.42 Å². The van der Waals surface area contributed by atoms with Crippen molar-refractivity contribution in [3.63, 3.8) is 0 Å². The maximum Gasteiger partial charge on any atom is 0.227 e. The minimum absolute atomic E-state index is 0.0845. The van der Waals surface area contributed by atoms with Gasteiger partial charge in [-0.05, 0) is 12.1 Å². The summed E-state index contributed by atoms with van der Waals surface area (Å²) in [6, 6.07) is 7.53. The van der Waals surface area contributed by atoms with Crippen molar-refractivity contribution in [2.75, 3.05) is 14.1 Å². The molecule has 0 N–H and O–H groups in total. The molecule has 0 saturated carbocycles. The molecule has 2 rings (SSSR count). The van der Waals surface area contributed by atoms with Crippen molar-refractivity contribution >= 4 is 28.8 Å². The third kappa shape index (κ3) is 3.09. The molecule has 0 bridgehead atoms. The van der Waals surface area contributed by atoms with Crippen molar-refractivity contribution in [1.82, 2.24) is 9.88 Å². The number of amides is 1. The van der Waals surface area contributed by atoms with Crippen molar-refractivity contribution in [1.29, 1.82) is 0 Å². The molecule has 0 atom stereocenters. The molecule has 0 radical (unpaired) electrons. The Labute approximate surface area is 115 Å². The zero-order valence-electron chi connectivity index (χ0n) is 10.2. The van der Waals surface area contributed by atoms with Crippen LogP contribution in [0.3, 0.4) is 0 Å². The Balaban J connectivity index is 2.15. The summed E-state index contributed by atoms with van der Waals surface area (Å²) in [5.74, 6) is 0.0845. The SMILES string of the molecule is CN(C)C(=O)Cc1cnc(-c2ccc(Cl)cc2)s1. The van der Waals surface area contributed by atoms with Crippen LogP contribution in [-0.2, 0) is 11.2 Å². The Bertz CT molecular complexity index is 548. The number of carbonyl (C=O) groups is 1. The van der Waals surface area contributed by atoms with Crippen molar-refractivity contribution in [2.24, 2.45) is 0 Å². The van der Waals surface area contributed by atoms with Crippen molar-refractivity contribution in [3.8, 4) is 10.6 Å². The fourth-order valence-electron chi connectivity index (χ4n) is 1.42. The van der Waals surface area contributed by atoms with E-state index in [1.54, 1.807) is 25.2 Å². The molecule has 1 aromatic heterocycles. The van der Waals surface area contributed by atoms with E-state index in [2.05, 4.69) is 4.98 Å². The van der Waals surface area contributed by atoms with E-state index in [0.717, 1.165) is 15.4 Å². The van der Waals surface area contributed by atoms with Crippen LogP contribution in [0, 0.1) is 0 Å². The average molecular weight is 281 g/mol. The van der Waals surface area contributed by atoms with E-state index in [0.29, 0.717) is 11.4 Å². The van der Waals surface area contributed by atoms with Gasteiger partial charge in [0.1, 0.15) is 5.01 Å². The number of nitrogens with zero attached hydrogens (tertiary/aromatic N) is 2. The number of thiazole rings is 1. The highest BCUT2D eigenvalue weighted by Crippen LogP contribution is 2.26. The highest BCUT2D eigenvalue weighted by Gasteiger charge is 2.10. The summed E-state index contributed by atoms with van der Waals surface area (Å²) in [6.07, 6.45) is 2.16. The molecule has 0 fully saturated rings. The Kier molecular flexibility index (Phi) is 3.99. The van der Waals surface area contributed by atoms with Crippen LogP contribution in [0.4, 0.5) is 0 Å². The van der Waals surface area contributed by atoms with Gasteiger partial charge >= 0.3 is 0 Å². The predicted octanol–water partition coefficient (Wildman–Crippen LogP) is 3.09. The second-order valence-electron chi connectivity index (χ2n) is 4.10. The molecule has 18 heavy (non-hydrogen) atoms. The average Bonchev–Trinajstić information content (AvgIpc) is 2.78. The van der Waals surface area contributed by atoms with Crippen LogP contribution in [0.2, 0.25) is 5.02 Å². The Morgan fingerprint density at radius 2 is 2.00 bits per heavy atom. The molecule has 0 aliphatic carbocycles. The normalized spacial score (nSPS) is 10.4. The third-order valence-electron chi connectivity index (χ3n) is 2.47. The van der Waals surface area contributed by atoms with Gasteiger partial charge in [0.2, 0.25) is 5.91 Å². The van der Waals surface area contributed by atoms with Crippen molar-refractivity contribution in [3.05, 3.63) is 40.4 Å². The van der Waals surface area contributed by atoms with Gasteiger partial charge in [-0.25, -0.2) is 4.98 Å². The molecule has 0 saturated heterocycles. The van der Waals surface area contributed by atoms with Crippen LogP contribution in [-0.4, -0.2) is 29.9 Å². The molecule has 1 aromatic carbocycles. The summed E-state index contributed by atoms with van der Waals surface area (Å²) >= 11 is 7.38. The highest BCUT2D eigenvalue weighted by atomic mass is 35.5. The van der Waals surface area contributed by atoms with Gasteiger partial charge < -0.3 is 4.90 Å². The first kappa shape index (κ1) is 13.1. The maximum atomic E-state index is 11.6. The number of rotatable bonds is 3. The van der Waals surface area contributed by atoms with Crippen LogP contribution < -0.4 is 0 Å². The Morgan fingerprint density at radius 1 is 1.33 bits per heavy atom. The van der Waals surface area contributed by atoms with E-state index in [9.17, 15) is 4.79 Å². The largest absolute Gasteiger partial charge is 0.349 e. The first-order chi connectivity index (χ1) is 8.56. The van der Waals surface area contributed by atoms with E-state index in [1.807, 2.05) is 24.3 Å².